The van der Waals surface area contributed by atoms with Crippen LogP contribution in [-0.4, -0.2) is 46.4 Å². The molecule has 6 aromatic rings. The molecular formula is C44H44Cl2N6O3. The molecule has 2 aromatic heterocycles. The molecule has 1 atom stereocenters. The Balaban J connectivity index is 1.08. The molecule has 0 bridgehead atoms. The zero-order valence-electron chi connectivity index (χ0n) is 31.3. The molecule has 1 aliphatic rings. The number of benzene rings is 4. The van der Waals surface area contributed by atoms with E-state index in [1.807, 2.05) is 66.3 Å². The molecule has 0 aliphatic carbocycles. The van der Waals surface area contributed by atoms with Gasteiger partial charge in [-0.05, 0) is 74.3 Å². The van der Waals surface area contributed by atoms with Crippen molar-refractivity contribution in [1.29, 1.82) is 5.26 Å². The first-order valence-corrected chi connectivity index (χ1v) is 19.2. The molecule has 7 rings (SSSR count). The summed E-state index contributed by atoms with van der Waals surface area (Å²) >= 11 is 13.9. The minimum atomic E-state index is 0.212. The second kappa shape index (κ2) is 17.6. The Kier molecular flexibility index (Phi) is 12.2. The lowest BCUT2D eigenvalue weighted by atomic mass is 9.96. The number of piperidine rings is 1. The minimum Gasteiger partial charge on any atom is -0.492 e. The van der Waals surface area contributed by atoms with E-state index in [4.69, 9.17) is 42.5 Å². The molecule has 0 amide bonds. The van der Waals surface area contributed by atoms with Gasteiger partial charge in [0.25, 0.3) is 0 Å². The third-order valence-corrected chi connectivity index (χ3v) is 10.8. The molecule has 55 heavy (non-hydrogen) atoms. The standard InChI is InChI=1S/C44H44Cl2N6O3/c1-29-33(10-6-12-35(29)36-13-7-15-41(44(36)46)53-26-30-9-8-16-51(2)25-30)28-55-43-19-42(54-27-32-17-31(20-47)21-48-22-32)34(18-38(43)45)23-49-24-39-37-11-4-5-14-40(37)52(3)50-39/h4-7,10-15,17-19,21-22,30,49H,8-9,16,23-28H2,1-3H3. The third kappa shape index (κ3) is 9.07. The fourth-order valence-electron chi connectivity index (χ4n) is 7.22. The summed E-state index contributed by atoms with van der Waals surface area (Å²) in [6, 6.07) is 27.9. The highest BCUT2D eigenvalue weighted by Gasteiger charge is 2.20. The predicted octanol–water partition coefficient (Wildman–Crippen LogP) is 9.29. The van der Waals surface area contributed by atoms with Gasteiger partial charge in [0.2, 0.25) is 0 Å². The number of hydrogen-bond donors (Lipinski definition) is 1. The summed E-state index contributed by atoms with van der Waals surface area (Å²) in [4.78, 5) is 6.55. The van der Waals surface area contributed by atoms with Crippen LogP contribution in [0.25, 0.3) is 22.0 Å². The third-order valence-electron chi connectivity index (χ3n) is 10.2. The Morgan fingerprint density at radius 3 is 2.53 bits per heavy atom. The lowest BCUT2D eigenvalue weighted by Gasteiger charge is -2.29. The number of nitriles is 1. The maximum Gasteiger partial charge on any atom is 0.142 e. The van der Waals surface area contributed by atoms with Crippen LogP contribution in [0.3, 0.4) is 0 Å². The van der Waals surface area contributed by atoms with Crippen molar-refractivity contribution in [2.45, 2.75) is 46.1 Å². The molecule has 1 fully saturated rings. The second-order valence-electron chi connectivity index (χ2n) is 14.1. The summed E-state index contributed by atoms with van der Waals surface area (Å²) in [6.07, 6.45) is 5.57. The highest BCUT2D eigenvalue weighted by Crippen LogP contribution is 2.39. The van der Waals surface area contributed by atoms with Crippen molar-refractivity contribution in [3.05, 3.63) is 135 Å². The normalized spacial score (nSPS) is 14.5. The SMILES string of the molecule is Cc1c(COc2cc(OCc3cncc(C#N)c3)c(CNCc3nn(C)c4ccccc34)cc2Cl)cccc1-c1cccc(OCC2CCCN(C)C2)c1Cl. The summed E-state index contributed by atoms with van der Waals surface area (Å²) in [5, 5.41) is 19.8. The molecule has 1 N–H and O–H groups in total. The van der Waals surface area contributed by atoms with E-state index in [2.05, 4.69) is 53.4 Å². The summed E-state index contributed by atoms with van der Waals surface area (Å²) in [5.41, 5.74) is 8.11. The van der Waals surface area contributed by atoms with Gasteiger partial charge in [-0.15, -0.1) is 0 Å². The summed E-state index contributed by atoms with van der Waals surface area (Å²) in [5.74, 6) is 2.29. The van der Waals surface area contributed by atoms with Crippen LogP contribution in [0.5, 0.6) is 17.2 Å². The fraction of sp³-hybridized carbons (Fsp3) is 0.295. The Morgan fingerprint density at radius 2 is 1.67 bits per heavy atom. The van der Waals surface area contributed by atoms with E-state index >= 15 is 0 Å². The molecule has 9 nitrogen and oxygen atoms in total. The number of nitrogens with zero attached hydrogens (tertiary/aromatic N) is 5. The summed E-state index contributed by atoms with van der Waals surface area (Å²) in [6.45, 7) is 6.41. The molecule has 1 aliphatic heterocycles. The number of halogens is 2. The van der Waals surface area contributed by atoms with Crippen molar-refractivity contribution in [2.75, 3.05) is 26.7 Å². The van der Waals surface area contributed by atoms with Crippen molar-refractivity contribution in [3.63, 3.8) is 0 Å². The molecule has 0 radical (unpaired) electrons. The number of aryl methyl sites for hydroxylation is 1. The fourth-order valence-corrected chi connectivity index (χ4v) is 7.74. The van der Waals surface area contributed by atoms with Crippen LogP contribution in [-0.2, 0) is 33.4 Å². The summed E-state index contributed by atoms with van der Waals surface area (Å²) < 4.78 is 20.9. The maximum absolute atomic E-state index is 9.38. The number of likely N-dealkylation sites (tertiary alicyclic amines) is 1. The van der Waals surface area contributed by atoms with Crippen LogP contribution in [0, 0.1) is 24.2 Å². The lowest BCUT2D eigenvalue weighted by Crippen LogP contribution is -2.34. The van der Waals surface area contributed by atoms with Gasteiger partial charge >= 0.3 is 0 Å². The van der Waals surface area contributed by atoms with Gasteiger partial charge < -0.3 is 24.4 Å². The average Bonchev–Trinajstić information content (AvgIpc) is 3.52. The van der Waals surface area contributed by atoms with Gasteiger partial charge in [0.05, 0.1) is 33.4 Å². The van der Waals surface area contributed by atoms with E-state index in [9.17, 15) is 5.26 Å². The molecule has 282 valence electrons. The molecule has 4 aromatic carbocycles. The second-order valence-corrected chi connectivity index (χ2v) is 14.9. The molecule has 11 heteroatoms. The zero-order chi connectivity index (χ0) is 38.3. The first-order valence-electron chi connectivity index (χ1n) is 18.5. The Hall–Kier alpha value is -5.11. The van der Waals surface area contributed by atoms with Crippen LogP contribution in [0.2, 0.25) is 10.0 Å². The van der Waals surface area contributed by atoms with Gasteiger partial charge in [0.15, 0.2) is 0 Å². The molecular weight excluding hydrogens is 731 g/mol. The smallest absolute Gasteiger partial charge is 0.142 e. The quantitative estimate of drug-likeness (QED) is 0.117. The number of pyridine rings is 1. The number of hydrogen-bond acceptors (Lipinski definition) is 8. The van der Waals surface area contributed by atoms with E-state index in [0.29, 0.717) is 58.5 Å². The molecule has 3 heterocycles. The lowest BCUT2D eigenvalue weighted by molar-refractivity contribution is 0.150. The van der Waals surface area contributed by atoms with Gasteiger partial charge in [0.1, 0.15) is 36.5 Å². The monoisotopic (exact) mass is 774 g/mol. The number of aromatic nitrogens is 3. The Bertz CT molecular complexity index is 2340. The van der Waals surface area contributed by atoms with Gasteiger partial charge in [0, 0.05) is 73.1 Å². The van der Waals surface area contributed by atoms with Crippen LogP contribution in [0.4, 0.5) is 0 Å². The summed E-state index contributed by atoms with van der Waals surface area (Å²) in [7, 11) is 4.11. The van der Waals surface area contributed by atoms with Crippen LogP contribution in [0.1, 0.15) is 46.4 Å². The molecule has 0 spiro atoms. The minimum absolute atomic E-state index is 0.212. The van der Waals surface area contributed by atoms with Crippen molar-refractivity contribution in [2.24, 2.45) is 13.0 Å². The number of rotatable bonds is 14. The molecule has 1 unspecified atom stereocenters. The predicted molar refractivity (Wildman–Crippen MR) is 218 cm³/mol. The number of fused-ring (bicyclic) bond motifs is 1. The Labute approximate surface area is 332 Å². The van der Waals surface area contributed by atoms with Crippen LogP contribution >= 0.6 is 23.2 Å². The van der Waals surface area contributed by atoms with Gasteiger partial charge in [-0.2, -0.15) is 10.4 Å². The van der Waals surface area contributed by atoms with Crippen LogP contribution in [0.15, 0.2) is 91.3 Å². The van der Waals surface area contributed by atoms with Crippen molar-refractivity contribution in [3.8, 4) is 34.4 Å². The van der Waals surface area contributed by atoms with Gasteiger partial charge in [-0.1, -0.05) is 71.7 Å². The number of para-hydroxylation sites is 1. The van der Waals surface area contributed by atoms with Crippen molar-refractivity contribution >= 4 is 34.1 Å². The van der Waals surface area contributed by atoms with Crippen LogP contribution < -0.4 is 19.5 Å². The van der Waals surface area contributed by atoms with Crippen molar-refractivity contribution in [1.82, 2.24) is 25.0 Å². The highest BCUT2D eigenvalue weighted by atomic mass is 35.5. The van der Waals surface area contributed by atoms with E-state index in [-0.39, 0.29) is 13.2 Å². The Morgan fingerprint density at radius 1 is 0.855 bits per heavy atom. The number of ether oxygens (including phenoxy) is 3. The van der Waals surface area contributed by atoms with Gasteiger partial charge in [-0.25, -0.2) is 0 Å². The average molecular weight is 776 g/mol. The van der Waals surface area contributed by atoms with Crippen molar-refractivity contribution < 1.29 is 14.2 Å². The van der Waals surface area contributed by atoms with E-state index in [1.54, 1.807) is 12.3 Å². The van der Waals surface area contributed by atoms with E-state index in [0.717, 1.165) is 69.5 Å². The first-order chi connectivity index (χ1) is 26.8. The first kappa shape index (κ1) is 38.2. The largest absolute Gasteiger partial charge is 0.492 e. The molecule has 0 saturated carbocycles. The zero-order valence-corrected chi connectivity index (χ0v) is 32.8. The topological polar surface area (TPSA) is 97.5 Å². The van der Waals surface area contributed by atoms with Gasteiger partial charge in [-0.3, -0.25) is 9.67 Å². The maximum atomic E-state index is 9.38. The highest BCUT2D eigenvalue weighted by molar-refractivity contribution is 6.35. The number of nitrogens with one attached hydrogen (secondary N) is 1. The molecule has 1 saturated heterocycles. The van der Waals surface area contributed by atoms with E-state index < -0.39 is 0 Å². The van der Waals surface area contributed by atoms with E-state index in [1.165, 1.54) is 12.6 Å².